The highest BCUT2D eigenvalue weighted by atomic mass is 79.9. The normalized spacial score (nSPS) is 15.4. The Hall–Kier alpha value is 0.647. The van der Waals surface area contributed by atoms with Crippen LogP contribution >= 0.6 is 50.7 Å². The van der Waals surface area contributed by atoms with Gasteiger partial charge in [0.2, 0.25) is 0 Å². The molecule has 0 aliphatic heterocycles. The fourth-order valence-corrected chi connectivity index (χ4v) is 6.15. The van der Waals surface area contributed by atoms with Crippen LogP contribution in [0.3, 0.4) is 0 Å². The van der Waals surface area contributed by atoms with Gasteiger partial charge >= 0.3 is 0 Å². The van der Waals surface area contributed by atoms with Gasteiger partial charge < -0.3 is 0 Å². The number of rotatable bonds is 3. The lowest BCUT2D eigenvalue weighted by Gasteiger charge is -2.27. The summed E-state index contributed by atoms with van der Waals surface area (Å²) in [6.45, 7) is 3.93. The molecule has 0 aliphatic carbocycles. The van der Waals surface area contributed by atoms with Gasteiger partial charge in [-0.25, -0.2) is 0 Å². The Balaban J connectivity index is 3.29. The van der Waals surface area contributed by atoms with Crippen LogP contribution in [0.25, 0.3) is 0 Å². The zero-order chi connectivity index (χ0) is 11.6. The van der Waals surface area contributed by atoms with Crippen molar-refractivity contribution in [3.05, 3.63) is 16.4 Å². The van der Waals surface area contributed by atoms with Gasteiger partial charge in [-0.15, -0.1) is 39.9 Å². The summed E-state index contributed by atoms with van der Waals surface area (Å²) in [6.07, 6.45) is 0. The highest BCUT2D eigenvalue weighted by molar-refractivity contribution is 9.10. The lowest BCUT2D eigenvalue weighted by molar-refractivity contribution is 0.967. The van der Waals surface area contributed by atoms with Crippen molar-refractivity contribution in [1.82, 2.24) is 10.2 Å². The minimum atomic E-state index is -2.09. The molecule has 2 nitrogen and oxygen atoms in total. The molecule has 0 aromatic carbocycles. The van der Waals surface area contributed by atoms with Crippen LogP contribution in [-0.2, 0) is 0 Å². The third-order valence-electron chi connectivity index (χ3n) is 2.32. The SMILES string of the molecule is Cc1nnc(Br)cc1[Si](C)(CCl)C(Cl)Cl. The second-order valence-corrected chi connectivity index (χ2v) is 11.2. The number of hydrogen-bond acceptors (Lipinski definition) is 2. The Morgan fingerprint density at radius 3 is 2.53 bits per heavy atom. The molecular formula is C8H10BrCl3N2Si. The molecule has 15 heavy (non-hydrogen) atoms. The van der Waals surface area contributed by atoms with E-state index in [1.54, 1.807) is 0 Å². The molecule has 84 valence electrons. The van der Waals surface area contributed by atoms with Crippen molar-refractivity contribution in [1.29, 1.82) is 0 Å². The van der Waals surface area contributed by atoms with Crippen LogP contribution in [0.4, 0.5) is 0 Å². The monoisotopic (exact) mass is 346 g/mol. The van der Waals surface area contributed by atoms with E-state index in [-0.39, 0.29) is 0 Å². The minimum absolute atomic E-state index is 0.454. The van der Waals surface area contributed by atoms with Crippen molar-refractivity contribution in [3.8, 4) is 0 Å². The van der Waals surface area contributed by atoms with Crippen LogP contribution in [0.15, 0.2) is 10.7 Å². The first-order chi connectivity index (χ1) is 6.91. The van der Waals surface area contributed by atoms with Crippen molar-refractivity contribution in [2.75, 3.05) is 5.50 Å². The molecule has 0 spiro atoms. The zero-order valence-corrected chi connectivity index (χ0v) is 13.1. The van der Waals surface area contributed by atoms with E-state index in [4.69, 9.17) is 34.8 Å². The lowest BCUT2D eigenvalue weighted by Crippen LogP contribution is -2.55. The summed E-state index contributed by atoms with van der Waals surface area (Å²) in [4.78, 5) is 0. The summed E-state index contributed by atoms with van der Waals surface area (Å²) >= 11 is 21.3. The van der Waals surface area contributed by atoms with E-state index < -0.39 is 12.5 Å². The molecule has 1 aromatic heterocycles. The van der Waals surface area contributed by atoms with Gasteiger partial charge in [0.1, 0.15) is 17.1 Å². The average Bonchev–Trinajstić information content (AvgIpc) is 2.20. The molecule has 1 unspecified atom stereocenters. The molecule has 1 atom stereocenters. The molecule has 0 amide bonds. The molecular weight excluding hydrogens is 338 g/mol. The standard InChI is InChI=1S/C8H10BrCl3N2Si/c1-5-6(3-7(9)14-13-5)15(2,4-10)8(11)12/h3,8H,4H2,1-2H3. The zero-order valence-electron chi connectivity index (χ0n) is 8.27. The summed E-state index contributed by atoms with van der Waals surface area (Å²) in [6, 6.07) is 1.91. The predicted molar refractivity (Wildman–Crippen MR) is 71.9 cm³/mol. The van der Waals surface area contributed by atoms with E-state index in [2.05, 4.69) is 26.1 Å². The smallest absolute Gasteiger partial charge is 0.138 e. The van der Waals surface area contributed by atoms with E-state index in [0.29, 0.717) is 10.1 Å². The van der Waals surface area contributed by atoms with Crippen molar-refractivity contribution < 1.29 is 0 Å². The van der Waals surface area contributed by atoms with Gasteiger partial charge in [-0.05, 0) is 34.1 Å². The summed E-state index contributed by atoms with van der Waals surface area (Å²) in [5.41, 5.74) is 1.31. The largest absolute Gasteiger partial charge is 0.155 e. The maximum absolute atomic E-state index is 6.02. The summed E-state index contributed by atoms with van der Waals surface area (Å²) in [7, 11) is -2.09. The third-order valence-corrected chi connectivity index (χ3v) is 10.5. The highest BCUT2D eigenvalue weighted by Gasteiger charge is 2.38. The van der Waals surface area contributed by atoms with Crippen molar-refractivity contribution in [3.63, 3.8) is 0 Å². The van der Waals surface area contributed by atoms with Gasteiger partial charge in [-0.2, -0.15) is 5.10 Å². The Morgan fingerprint density at radius 2 is 2.07 bits per heavy atom. The van der Waals surface area contributed by atoms with Gasteiger partial charge in [0.25, 0.3) is 0 Å². The fraction of sp³-hybridized carbons (Fsp3) is 0.500. The Morgan fingerprint density at radius 1 is 1.47 bits per heavy atom. The molecule has 0 saturated carbocycles. The van der Waals surface area contributed by atoms with Gasteiger partial charge in [0, 0.05) is 5.50 Å². The van der Waals surface area contributed by atoms with Crippen LogP contribution < -0.4 is 5.19 Å². The van der Waals surface area contributed by atoms with Gasteiger partial charge in [0.05, 0.1) is 5.69 Å². The molecule has 7 heteroatoms. The summed E-state index contributed by atoms with van der Waals surface area (Å²) < 4.78 is 0.228. The van der Waals surface area contributed by atoms with Crippen LogP contribution in [0.2, 0.25) is 6.55 Å². The van der Waals surface area contributed by atoms with E-state index in [9.17, 15) is 0 Å². The Bertz CT molecular complexity index is 364. The Labute approximate surface area is 113 Å². The average molecular weight is 349 g/mol. The van der Waals surface area contributed by atoms with Crippen LogP contribution in [-0.4, -0.2) is 28.2 Å². The predicted octanol–water partition coefficient (Wildman–Crippen LogP) is 2.95. The molecule has 0 bridgehead atoms. The van der Waals surface area contributed by atoms with Gasteiger partial charge in [0.15, 0.2) is 0 Å². The first kappa shape index (κ1) is 13.7. The number of halogens is 4. The van der Waals surface area contributed by atoms with Crippen molar-refractivity contribution in [2.45, 2.75) is 17.9 Å². The number of alkyl halides is 3. The number of nitrogens with zero attached hydrogens (tertiary/aromatic N) is 2. The first-order valence-corrected chi connectivity index (χ1v) is 9.24. The first-order valence-electron chi connectivity index (χ1n) is 4.26. The molecule has 0 fully saturated rings. The molecule has 1 rings (SSSR count). The van der Waals surface area contributed by atoms with Crippen molar-refractivity contribution in [2.24, 2.45) is 0 Å². The molecule has 0 radical (unpaired) electrons. The van der Waals surface area contributed by atoms with E-state index in [1.165, 1.54) is 0 Å². The Kier molecular flexibility index (Phi) is 4.86. The summed E-state index contributed by atoms with van der Waals surface area (Å²) in [5.74, 6) is 0. The van der Waals surface area contributed by atoms with E-state index in [1.807, 2.05) is 19.5 Å². The highest BCUT2D eigenvalue weighted by Crippen LogP contribution is 2.21. The molecule has 0 N–H and O–H groups in total. The van der Waals surface area contributed by atoms with Crippen LogP contribution in [0.5, 0.6) is 0 Å². The fourth-order valence-electron chi connectivity index (χ4n) is 1.26. The topological polar surface area (TPSA) is 25.8 Å². The molecule has 1 heterocycles. The number of hydrogen-bond donors (Lipinski definition) is 0. The minimum Gasteiger partial charge on any atom is -0.155 e. The second-order valence-electron chi connectivity index (χ2n) is 3.52. The van der Waals surface area contributed by atoms with E-state index in [0.717, 1.165) is 10.9 Å². The third kappa shape index (κ3) is 2.85. The lowest BCUT2D eigenvalue weighted by atomic mass is 10.4. The maximum atomic E-state index is 6.02. The molecule has 1 aromatic rings. The molecule has 0 aliphatic rings. The number of aromatic nitrogens is 2. The second kappa shape index (κ2) is 5.32. The summed E-state index contributed by atoms with van der Waals surface area (Å²) in [5, 5.41) is 8.99. The van der Waals surface area contributed by atoms with Crippen LogP contribution in [0.1, 0.15) is 5.69 Å². The quantitative estimate of drug-likeness (QED) is 0.620. The van der Waals surface area contributed by atoms with Gasteiger partial charge in [-0.3, -0.25) is 0 Å². The van der Waals surface area contributed by atoms with Gasteiger partial charge in [-0.1, -0.05) is 6.55 Å². The van der Waals surface area contributed by atoms with Crippen molar-refractivity contribution >= 4 is 64.0 Å². The molecule has 0 saturated heterocycles. The van der Waals surface area contributed by atoms with Crippen LogP contribution in [0, 0.1) is 6.92 Å². The number of aryl methyl sites for hydroxylation is 1. The maximum Gasteiger partial charge on any atom is 0.138 e. The van der Waals surface area contributed by atoms with E-state index >= 15 is 0 Å².